The lowest BCUT2D eigenvalue weighted by Gasteiger charge is -2.50. The van der Waals surface area contributed by atoms with Crippen molar-refractivity contribution < 1.29 is 76.3 Å². The maximum absolute atomic E-state index is 15.4. The molecule has 4 unspecified atom stereocenters. The number of halogens is 11. The van der Waals surface area contributed by atoms with Gasteiger partial charge < -0.3 is 33.0 Å². The van der Waals surface area contributed by atoms with Crippen LogP contribution in [0.2, 0.25) is 0 Å². The largest absolute Gasteiger partial charge is 0.489 e. The van der Waals surface area contributed by atoms with Gasteiger partial charge in [-0.1, -0.05) is 63.3 Å². The van der Waals surface area contributed by atoms with Gasteiger partial charge in [-0.2, -0.15) is 39.5 Å². The van der Waals surface area contributed by atoms with Crippen molar-refractivity contribution in [2.24, 2.45) is 17.3 Å². The Labute approximate surface area is 472 Å². The second-order valence-corrected chi connectivity index (χ2v) is 25.2. The molecule has 0 spiro atoms. The maximum atomic E-state index is 15.4. The lowest BCUT2D eigenvalue weighted by Crippen LogP contribution is -2.67. The molecule has 0 saturated heterocycles. The molecule has 0 N–H and O–H groups in total. The summed E-state index contributed by atoms with van der Waals surface area (Å²) in [6.07, 6.45) is -6.40. The number of hydrogen-bond acceptors (Lipinski definition) is 9. The summed E-state index contributed by atoms with van der Waals surface area (Å²) in [4.78, 5) is 17.7. The molecular weight excluding hydrogens is 1110 g/mol. The van der Waals surface area contributed by atoms with E-state index < -0.39 is 57.3 Å². The predicted molar refractivity (Wildman–Crippen MR) is 290 cm³/mol. The molecule has 0 heterocycles. The van der Waals surface area contributed by atoms with Crippen molar-refractivity contribution >= 4 is 25.4 Å². The summed E-state index contributed by atoms with van der Waals surface area (Å²) in [5, 5.41) is 0.235. The first-order chi connectivity index (χ1) is 37.8. The third-order valence-corrected chi connectivity index (χ3v) is 19.2. The molecule has 2 fully saturated rings. The van der Waals surface area contributed by atoms with E-state index in [2.05, 4.69) is 48.9 Å². The molecule has 9 nitrogen and oxygen atoms in total. The van der Waals surface area contributed by atoms with Crippen molar-refractivity contribution in [2.45, 2.75) is 212 Å². The highest BCUT2D eigenvalue weighted by Crippen LogP contribution is 2.62. The van der Waals surface area contributed by atoms with Gasteiger partial charge >= 0.3 is 24.1 Å². The lowest BCUT2D eigenvalue weighted by molar-refractivity contribution is -0.457. The molecule has 2 saturated carbocycles. The quantitative estimate of drug-likeness (QED) is 0.0295. The number of alkyl halides is 9. The van der Waals surface area contributed by atoms with Crippen LogP contribution in [-0.4, -0.2) is 109 Å². The molecule has 2 aromatic carbocycles. The zero-order chi connectivity index (χ0) is 58.9. The zero-order valence-corrected chi connectivity index (χ0v) is 49.0. The third-order valence-electron chi connectivity index (χ3n) is 16.1. The van der Waals surface area contributed by atoms with Crippen LogP contribution < -0.4 is 4.74 Å². The number of ether oxygens (including phenoxy) is 3. The number of hydrogen-bond donors (Lipinski definition) is 0. The van der Waals surface area contributed by atoms with E-state index in [4.69, 9.17) is 25.1 Å². The molecule has 0 radical (unpaired) electrons. The Kier molecular flexibility index (Phi) is 26.6. The zero-order valence-electron chi connectivity index (χ0n) is 47.2. The average Bonchev–Trinajstić information content (AvgIpc) is 3.71. The van der Waals surface area contributed by atoms with E-state index in [9.17, 15) is 44.3 Å². The number of unbranched alkanes of at least 4 members (excludes halogenated alkanes) is 8. The van der Waals surface area contributed by atoms with Crippen LogP contribution in [0.4, 0.5) is 48.3 Å². The first-order valence-corrected chi connectivity index (χ1v) is 30.6. The molecule has 3 aliphatic rings. The van der Waals surface area contributed by atoms with Crippen molar-refractivity contribution in [1.29, 1.82) is 0 Å². The molecule has 3 aliphatic carbocycles. The molecule has 454 valence electrons. The highest BCUT2D eigenvalue weighted by Gasteiger charge is 2.85. The summed E-state index contributed by atoms with van der Waals surface area (Å²) in [5.41, 5.74) is -3.99. The van der Waals surface area contributed by atoms with E-state index >= 15 is 8.78 Å². The molecular formula is C58H83F11N3O6PS. The fourth-order valence-corrected chi connectivity index (χ4v) is 14.6. The van der Waals surface area contributed by atoms with Gasteiger partial charge in [0.25, 0.3) is 8.53 Å². The van der Waals surface area contributed by atoms with Crippen LogP contribution in [0, 0.1) is 35.5 Å². The normalized spacial score (nSPS) is 21.1. The van der Waals surface area contributed by atoms with Crippen LogP contribution >= 0.6 is 20.3 Å². The van der Waals surface area contributed by atoms with Crippen molar-refractivity contribution in [3.05, 3.63) is 75.6 Å². The summed E-state index contributed by atoms with van der Waals surface area (Å²) in [6, 6.07) is 9.02. The van der Waals surface area contributed by atoms with Gasteiger partial charge in [-0.05, 0) is 176 Å². The van der Waals surface area contributed by atoms with E-state index in [0.717, 1.165) is 108 Å². The van der Waals surface area contributed by atoms with E-state index in [0.29, 0.717) is 50.5 Å². The Bertz CT molecular complexity index is 2200. The topological polar surface area (TPSA) is 74.1 Å². The molecule has 22 heteroatoms. The number of rotatable bonds is 34. The van der Waals surface area contributed by atoms with Crippen LogP contribution in [-0.2, 0) is 42.9 Å². The van der Waals surface area contributed by atoms with Crippen LogP contribution in [0.5, 0.6) is 5.75 Å². The highest BCUT2D eigenvalue weighted by molar-refractivity contribution is 8.13. The van der Waals surface area contributed by atoms with Gasteiger partial charge in [0.15, 0.2) is 5.12 Å². The number of carbonyl (C=O) groups is 1. The van der Waals surface area contributed by atoms with E-state index in [-0.39, 0.29) is 71.8 Å². The molecule has 0 amide bonds. The second-order valence-electron chi connectivity index (χ2n) is 22.6. The minimum absolute atomic E-state index is 0.00650. The minimum Gasteiger partial charge on any atom is -0.489 e. The van der Waals surface area contributed by atoms with Gasteiger partial charge in [0.2, 0.25) is 6.54 Å². The van der Waals surface area contributed by atoms with Crippen molar-refractivity contribution in [3.8, 4) is 5.75 Å². The summed E-state index contributed by atoms with van der Waals surface area (Å²) in [7, 11) is 0.635. The van der Waals surface area contributed by atoms with E-state index in [1.165, 1.54) is 29.5 Å². The standard InChI is InChI=1S/C58H83F11N3O6PS/c1-40(2)72(41(3)4)79(78-33-28-70-6)77-32-16-12-9-8-10-14-19-53(73)80-34-17-13-11-15-29-71(7)38-48-50(59)35-42(36-51(48)60)39-75-44-21-23-45-43(37-44)20-22-47-46(45)26-27-54(5)49(47)24-25-52(54)74-30-18-31-76-55(56(61,62)63,57(64,65)66)58(67,68)69/h21,23,35-37,40-41,46-47,49,52H,8-20,22,24-34,38-39H2,1-5,7H3/t46?,47?,49?,52-,54-,79?/m0/s1. The van der Waals surface area contributed by atoms with Crippen LogP contribution in [0.25, 0.3) is 4.85 Å². The number of aryl methyl sites for hydroxylation is 1. The predicted octanol–water partition coefficient (Wildman–Crippen LogP) is 16.9. The Morgan fingerprint density at radius 3 is 2.05 bits per heavy atom. The van der Waals surface area contributed by atoms with Gasteiger partial charge in [0, 0.05) is 43.0 Å². The van der Waals surface area contributed by atoms with E-state index in [1.807, 2.05) is 30.1 Å². The SMILES string of the molecule is [C-]#[N+]CCOP(OCCCCCCCCC(=O)SCCCCCCN(C)Cc1c(F)cc(COc2ccc3c(c2)CCC2C3CC[C@@]3(C)C2CC[C@@H]3OCCCOC(C(F)(F)F)(C(F)(F)F)C(F)(F)F)cc1F)N(C(C)C)C(C)C. The second kappa shape index (κ2) is 31.4. The van der Waals surface area contributed by atoms with Crippen LogP contribution in [0.3, 0.4) is 0 Å². The molecule has 80 heavy (non-hydrogen) atoms. The van der Waals surface area contributed by atoms with Gasteiger partial charge in [-0.25, -0.2) is 20.0 Å². The number of nitrogens with zero attached hydrogens (tertiary/aromatic N) is 3. The smallest absolute Gasteiger partial charge is 0.435 e. The molecule has 5 rings (SSSR count). The van der Waals surface area contributed by atoms with Gasteiger partial charge in [0.05, 0.1) is 19.3 Å². The fraction of sp³-hybridized carbons (Fsp3) is 0.759. The van der Waals surface area contributed by atoms with E-state index in [1.54, 1.807) is 0 Å². The lowest BCUT2D eigenvalue weighted by atomic mass is 9.55. The highest BCUT2D eigenvalue weighted by atomic mass is 32.2. The number of thioether (sulfide) groups is 1. The summed E-state index contributed by atoms with van der Waals surface area (Å²) in [5.74, 6) is 0.792. The van der Waals surface area contributed by atoms with Crippen molar-refractivity contribution in [2.75, 3.05) is 52.3 Å². The fourth-order valence-electron chi connectivity index (χ4n) is 12.1. The number of benzene rings is 2. The number of carbonyl (C=O) groups excluding carboxylic acids is 1. The molecule has 0 bridgehead atoms. The Morgan fingerprint density at radius 1 is 0.775 bits per heavy atom. The Morgan fingerprint density at radius 2 is 1.40 bits per heavy atom. The minimum atomic E-state index is -6.78. The van der Waals surface area contributed by atoms with Crippen molar-refractivity contribution in [3.63, 3.8) is 0 Å². The monoisotopic (exact) mass is 1190 g/mol. The first-order valence-electron chi connectivity index (χ1n) is 28.4. The Balaban J connectivity index is 0.938. The summed E-state index contributed by atoms with van der Waals surface area (Å²) < 4.78 is 180. The molecule has 6 atom stereocenters. The summed E-state index contributed by atoms with van der Waals surface area (Å²) in [6.45, 7) is 17.8. The van der Waals surface area contributed by atoms with Crippen molar-refractivity contribution in [1.82, 2.24) is 9.57 Å². The van der Waals surface area contributed by atoms with Gasteiger partial charge in [-0.15, -0.1) is 0 Å². The molecule has 2 aromatic rings. The first kappa shape index (κ1) is 68.0. The molecule has 0 aromatic heterocycles. The van der Waals surface area contributed by atoms with Gasteiger partial charge in [0.1, 0.15) is 30.6 Å². The molecule has 0 aliphatic heterocycles. The summed E-state index contributed by atoms with van der Waals surface area (Å²) >= 11 is 1.41. The Hall–Kier alpha value is -2.83. The third kappa shape index (κ3) is 18.3. The van der Waals surface area contributed by atoms with Gasteiger partial charge in [-0.3, -0.25) is 4.79 Å². The average molecular weight is 1190 g/mol. The number of fused-ring (bicyclic) bond motifs is 5. The van der Waals surface area contributed by atoms with Crippen LogP contribution in [0.15, 0.2) is 30.3 Å². The maximum Gasteiger partial charge on any atom is 0.435 e. The van der Waals surface area contributed by atoms with Crippen LogP contribution in [0.1, 0.15) is 172 Å².